The highest BCUT2D eigenvalue weighted by Gasteiger charge is 2.28. The second-order valence-corrected chi connectivity index (χ2v) is 8.70. The highest BCUT2D eigenvalue weighted by atomic mass is 19.1. The normalized spacial score (nSPS) is 16.3. The van der Waals surface area contributed by atoms with Gasteiger partial charge in [-0.05, 0) is 66.9 Å². The topological polar surface area (TPSA) is 80.1 Å². The van der Waals surface area contributed by atoms with Crippen molar-refractivity contribution in [1.82, 2.24) is 14.8 Å². The molecule has 0 aliphatic carbocycles. The number of rotatable bonds is 4. The van der Waals surface area contributed by atoms with E-state index in [1.165, 1.54) is 12.1 Å². The van der Waals surface area contributed by atoms with E-state index in [9.17, 15) is 14.3 Å². The van der Waals surface area contributed by atoms with Crippen molar-refractivity contribution in [3.05, 3.63) is 83.9 Å². The van der Waals surface area contributed by atoms with Crippen molar-refractivity contribution in [2.75, 3.05) is 13.2 Å². The molecule has 7 heteroatoms. The van der Waals surface area contributed by atoms with Crippen LogP contribution in [0.25, 0.3) is 38.6 Å². The summed E-state index contributed by atoms with van der Waals surface area (Å²) in [6.45, 7) is 1.34. The van der Waals surface area contributed by atoms with E-state index in [0.717, 1.165) is 63.8 Å². The summed E-state index contributed by atoms with van der Waals surface area (Å²) in [6.07, 6.45) is 3.72. The number of nitrogens with zero attached hydrogens (tertiary/aromatic N) is 2. The van der Waals surface area contributed by atoms with Crippen LogP contribution in [0.3, 0.4) is 0 Å². The Morgan fingerprint density at radius 3 is 2.62 bits per heavy atom. The Hall–Kier alpha value is -3.97. The lowest BCUT2D eigenvalue weighted by atomic mass is 9.91. The molecule has 1 aliphatic rings. The van der Waals surface area contributed by atoms with Crippen LogP contribution in [-0.2, 0) is 4.74 Å². The van der Waals surface area contributed by atoms with Gasteiger partial charge in [0.15, 0.2) is 0 Å². The van der Waals surface area contributed by atoms with Crippen molar-refractivity contribution in [2.24, 2.45) is 0 Å². The number of hydrogen-bond donors (Lipinski definition) is 2. The second-order valence-electron chi connectivity index (χ2n) is 8.70. The summed E-state index contributed by atoms with van der Waals surface area (Å²) in [7, 11) is 0. The van der Waals surface area contributed by atoms with Gasteiger partial charge in [-0.1, -0.05) is 12.1 Å². The molecule has 2 aromatic heterocycles. The fourth-order valence-electron chi connectivity index (χ4n) is 5.04. The minimum absolute atomic E-state index is 0.136. The zero-order valence-corrected chi connectivity index (χ0v) is 18.3. The lowest BCUT2D eigenvalue weighted by Crippen LogP contribution is -2.19. The molecule has 6 nitrogen and oxygen atoms in total. The molecule has 0 saturated carbocycles. The number of nitrogens with one attached hydrogen (secondary N) is 1. The van der Waals surface area contributed by atoms with Gasteiger partial charge in [-0.25, -0.2) is 9.18 Å². The van der Waals surface area contributed by atoms with E-state index in [2.05, 4.69) is 26.9 Å². The third-order valence-electron chi connectivity index (χ3n) is 6.62. The molecule has 1 atom stereocenters. The van der Waals surface area contributed by atoms with E-state index in [4.69, 9.17) is 4.74 Å². The molecule has 170 valence electrons. The number of benzene rings is 3. The molecule has 1 unspecified atom stereocenters. The predicted molar refractivity (Wildman–Crippen MR) is 128 cm³/mol. The van der Waals surface area contributed by atoms with Gasteiger partial charge < -0.3 is 14.4 Å². The minimum Gasteiger partial charge on any atom is -0.478 e. The van der Waals surface area contributed by atoms with Crippen molar-refractivity contribution < 1.29 is 19.0 Å². The summed E-state index contributed by atoms with van der Waals surface area (Å²) < 4.78 is 21.9. The molecule has 0 radical (unpaired) electrons. The number of H-pyrrole nitrogens is 1. The quantitative estimate of drug-likeness (QED) is 0.353. The van der Waals surface area contributed by atoms with Crippen molar-refractivity contribution in [2.45, 2.75) is 18.8 Å². The van der Waals surface area contributed by atoms with Gasteiger partial charge in [0.2, 0.25) is 0 Å². The SMILES string of the molecule is O=C(O)c1ccc(-c2c(C3CCCOC3)n(-c3ccc(F)cc3)c3cc4cn[nH]c4cc23)cc1. The second kappa shape index (κ2) is 8.11. The zero-order chi connectivity index (χ0) is 23.2. The number of aromatic amines is 1. The van der Waals surface area contributed by atoms with Crippen molar-refractivity contribution in [1.29, 1.82) is 0 Å². The summed E-state index contributed by atoms with van der Waals surface area (Å²) in [5.41, 5.74) is 6.05. The van der Waals surface area contributed by atoms with Gasteiger partial charge in [0.25, 0.3) is 0 Å². The summed E-state index contributed by atoms with van der Waals surface area (Å²) >= 11 is 0. The van der Waals surface area contributed by atoms with E-state index in [1.54, 1.807) is 30.5 Å². The first-order chi connectivity index (χ1) is 16.6. The van der Waals surface area contributed by atoms with E-state index >= 15 is 0 Å². The van der Waals surface area contributed by atoms with Gasteiger partial charge in [-0.15, -0.1) is 0 Å². The van der Waals surface area contributed by atoms with Crippen molar-refractivity contribution in [3.63, 3.8) is 0 Å². The molecule has 1 saturated heterocycles. The maximum absolute atomic E-state index is 13.8. The number of halogens is 1. The lowest BCUT2D eigenvalue weighted by molar-refractivity contribution is 0.0697. The first-order valence-electron chi connectivity index (χ1n) is 11.3. The number of aromatic nitrogens is 3. The van der Waals surface area contributed by atoms with Gasteiger partial charge in [0, 0.05) is 40.2 Å². The van der Waals surface area contributed by atoms with Gasteiger partial charge in [-0.3, -0.25) is 5.10 Å². The average Bonchev–Trinajstić information content (AvgIpc) is 3.45. The van der Waals surface area contributed by atoms with E-state index in [0.29, 0.717) is 6.61 Å². The van der Waals surface area contributed by atoms with E-state index in [-0.39, 0.29) is 17.3 Å². The fraction of sp³-hybridized carbons (Fsp3) is 0.185. The first-order valence-corrected chi connectivity index (χ1v) is 11.3. The van der Waals surface area contributed by atoms with Crippen LogP contribution in [0.2, 0.25) is 0 Å². The maximum atomic E-state index is 13.8. The van der Waals surface area contributed by atoms with Crippen molar-refractivity contribution >= 4 is 27.8 Å². The minimum atomic E-state index is -0.958. The number of hydrogen-bond acceptors (Lipinski definition) is 3. The van der Waals surface area contributed by atoms with Gasteiger partial charge in [0.1, 0.15) is 5.82 Å². The number of fused-ring (bicyclic) bond motifs is 2. The predicted octanol–water partition coefficient (Wildman–Crippen LogP) is 5.91. The Kier molecular flexibility index (Phi) is 4.92. The number of aromatic carboxylic acids is 1. The molecule has 0 amide bonds. The molecule has 3 aromatic carbocycles. The van der Waals surface area contributed by atoms with E-state index in [1.807, 2.05) is 12.1 Å². The van der Waals surface area contributed by atoms with Crippen LogP contribution in [0.4, 0.5) is 4.39 Å². The Morgan fingerprint density at radius 2 is 1.91 bits per heavy atom. The van der Waals surface area contributed by atoms with Crippen LogP contribution in [0, 0.1) is 5.82 Å². The van der Waals surface area contributed by atoms with Gasteiger partial charge >= 0.3 is 5.97 Å². The molecule has 5 aromatic rings. The van der Waals surface area contributed by atoms with Crippen molar-refractivity contribution in [3.8, 4) is 16.8 Å². The Bertz CT molecular complexity index is 1510. The Labute approximate surface area is 194 Å². The smallest absolute Gasteiger partial charge is 0.335 e. The summed E-state index contributed by atoms with van der Waals surface area (Å²) in [5, 5.41) is 18.6. The van der Waals surface area contributed by atoms with Crippen LogP contribution in [-0.4, -0.2) is 39.1 Å². The van der Waals surface area contributed by atoms with Gasteiger partial charge in [0.05, 0.1) is 29.4 Å². The Morgan fingerprint density at radius 1 is 1.12 bits per heavy atom. The summed E-state index contributed by atoms with van der Waals surface area (Å²) in [5.74, 6) is -1.11. The van der Waals surface area contributed by atoms with Crippen LogP contribution in [0.5, 0.6) is 0 Å². The molecule has 34 heavy (non-hydrogen) atoms. The zero-order valence-electron chi connectivity index (χ0n) is 18.3. The van der Waals surface area contributed by atoms with Gasteiger partial charge in [-0.2, -0.15) is 5.10 Å². The molecule has 0 spiro atoms. The fourth-order valence-corrected chi connectivity index (χ4v) is 5.04. The molecule has 2 N–H and O–H groups in total. The summed E-state index contributed by atoms with van der Waals surface area (Å²) in [4.78, 5) is 11.4. The average molecular weight is 455 g/mol. The number of carboxylic acid groups (broad SMARTS) is 1. The van der Waals surface area contributed by atoms with E-state index < -0.39 is 5.97 Å². The number of ether oxygens (including phenoxy) is 1. The maximum Gasteiger partial charge on any atom is 0.335 e. The number of carboxylic acids is 1. The molecule has 1 aliphatic heterocycles. The molecular formula is C27H22FN3O3. The highest BCUT2D eigenvalue weighted by molar-refractivity contribution is 6.06. The Balaban J connectivity index is 1.71. The summed E-state index contributed by atoms with van der Waals surface area (Å²) in [6, 6.07) is 17.7. The third kappa shape index (κ3) is 3.36. The third-order valence-corrected chi connectivity index (χ3v) is 6.62. The molecule has 3 heterocycles. The molecule has 6 rings (SSSR count). The lowest BCUT2D eigenvalue weighted by Gasteiger charge is -2.26. The highest BCUT2D eigenvalue weighted by Crippen LogP contribution is 2.44. The first kappa shape index (κ1) is 20.6. The largest absolute Gasteiger partial charge is 0.478 e. The van der Waals surface area contributed by atoms with Crippen LogP contribution in [0.15, 0.2) is 66.9 Å². The van der Waals surface area contributed by atoms with Crippen LogP contribution < -0.4 is 0 Å². The molecule has 1 fully saturated rings. The monoisotopic (exact) mass is 455 g/mol. The standard InChI is InChI=1S/C27H22FN3O3/c28-20-7-9-21(10-8-20)31-24-12-19-14-29-30-23(19)13-22(24)25(26(31)18-2-1-11-34-15-18)16-3-5-17(6-4-16)27(32)33/h3-10,12-14,18H,1-2,11,15H2,(H,29,30)(H,32,33). The van der Waals surface area contributed by atoms with Crippen LogP contribution >= 0.6 is 0 Å². The van der Waals surface area contributed by atoms with Crippen LogP contribution in [0.1, 0.15) is 34.8 Å². The molecular weight excluding hydrogens is 433 g/mol. The molecule has 0 bridgehead atoms. The number of carbonyl (C=O) groups is 1.